The summed E-state index contributed by atoms with van der Waals surface area (Å²) >= 11 is 3.33. The lowest BCUT2D eigenvalue weighted by Crippen LogP contribution is -2.30. The average Bonchev–Trinajstić information content (AvgIpc) is 2.94. The molecule has 2 aromatic carbocycles. The molecular formula is C20H18BrN3O5. The molecule has 3 rings (SSSR count). The van der Waals surface area contributed by atoms with Crippen molar-refractivity contribution in [3.05, 3.63) is 68.2 Å². The van der Waals surface area contributed by atoms with Gasteiger partial charge in [0.1, 0.15) is 5.56 Å². The van der Waals surface area contributed by atoms with Crippen LogP contribution in [0.5, 0.6) is 0 Å². The molecule has 0 spiro atoms. The van der Waals surface area contributed by atoms with Gasteiger partial charge in [-0.2, -0.15) is 0 Å². The van der Waals surface area contributed by atoms with Crippen molar-refractivity contribution >= 4 is 45.0 Å². The Morgan fingerprint density at radius 2 is 1.76 bits per heavy atom. The summed E-state index contributed by atoms with van der Waals surface area (Å²) in [7, 11) is 0. The first-order chi connectivity index (χ1) is 13.9. The highest BCUT2D eigenvalue weighted by Crippen LogP contribution is 2.30. The summed E-state index contributed by atoms with van der Waals surface area (Å²) in [6.07, 6.45) is 2.09. The minimum Gasteiger partial charge on any atom is -0.326 e. The average molecular weight is 460 g/mol. The van der Waals surface area contributed by atoms with Crippen molar-refractivity contribution in [2.45, 2.75) is 25.7 Å². The number of fused-ring (bicyclic) bond motifs is 1. The molecule has 0 fully saturated rings. The van der Waals surface area contributed by atoms with Crippen LogP contribution in [0.25, 0.3) is 0 Å². The molecule has 2 aromatic rings. The molecule has 1 heterocycles. The minimum absolute atomic E-state index is 0.0677. The van der Waals surface area contributed by atoms with E-state index in [-0.39, 0.29) is 29.3 Å². The van der Waals surface area contributed by atoms with Gasteiger partial charge in [-0.3, -0.25) is 29.4 Å². The van der Waals surface area contributed by atoms with Crippen LogP contribution in [0.15, 0.2) is 46.9 Å². The molecule has 1 aliphatic rings. The summed E-state index contributed by atoms with van der Waals surface area (Å²) in [4.78, 5) is 48.3. The predicted octanol–water partition coefficient (Wildman–Crippen LogP) is 4.15. The van der Waals surface area contributed by atoms with Gasteiger partial charge < -0.3 is 5.32 Å². The van der Waals surface area contributed by atoms with Crippen LogP contribution < -0.4 is 5.32 Å². The zero-order chi connectivity index (χ0) is 21.0. The van der Waals surface area contributed by atoms with E-state index >= 15 is 0 Å². The topological polar surface area (TPSA) is 110 Å². The first-order valence-electron chi connectivity index (χ1n) is 9.07. The van der Waals surface area contributed by atoms with Gasteiger partial charge in [-0.05, 0) is 43.2 Å². The van der Waals surface area contributed by atoms with E-state index in [1.165, 1.54) is 18.2 Å². The number of carbonyl (C=O) groups is 3. The Morgan fingerprint density at radius 1 is 1.03 bits per heavy atom. The number of anilines is 1. The van der Waals surface area contributed by atoms with Crippen molar-refractivity contribution in [1.29, 1.82) is 0 Å². The summed E-state index contributed by atoms with van der Waals surface area (Å²) in [5.41, 5.74) is 0.285. The molecule has 1 N–H and O–H groups in total. The van der Waals surface area contributed by atoms with E-state index in [9.17, 15) is 24.5 Å². The van der Waals surface area contributed by atoms with E-state index in [2.05, 4.69) is 21.2 Å². The molecule has 9 heteroatoms. The van der Waals surface area contributed by atoms with Crippen molar-refractivity contribution in [3.63, 3.8) is 0 Å². The molecule has 0 radical (unpaired) electrons. The van der Waals surface area contributed by atoms with E-state index in [1.807, 2.05) is 12.1 Å². The maximum Gasteiger partial charge on any atom is 0.282 e. The summed E-state index contributed by atoms with van der Waals surface area (Å²) in [5, 5.41) is 13.9. The standard InChI is InChI=1S/C20H18BrN3O5/c21-13-8-10-14(11-9-13)22-17(25)7-2-1-3-12-23-19(26)15-5-4-6-16(24(28)29)18(15)20(23)27/h4-6,8-11H,1-3,7,12H2,(H,22,25). The number of hydrogen-bond donors (Lipinski definition) is 1. The Labute approximate surface area is 175 Å². The highest BCUT2D eigenvalue weighted by atomic mass is 79.9. The minimum atomic E-state index is -0.655. The summed E-state index contributed by atoms with van der Waals surface area (Å²) in [6.45, 7) is 0.165. The van der Waals surface area contributed by atoms with Gasteiger partial charge in [-0.25, -0.2) is 0 Å². The second-order valence-corrected chi connectivity index (χ2v) is 7.50. The molecule has 0 unspecified atom stereocenters. The first kappa shape index (κ1) is 20.7. The lowest BCUT2D eigenvalue weighted by Gasteiger charge is -2.13. The number of benzene rings is 2. The predicted molar refractivity (Wildman–Crippen MR) is 110 cm³/mol. The number of nitrogens with zero attached hydrogens (tertiary/aromatic N) is 2. The maximum atomic E-state index is 12.5. The quantitative estimate of drug-likeness (QED) is 0.276. The van der Waals surface area contributed by atoms with E-state index < -0.39 is 16.7 Å². The molecule has 0 aromatic heterocycles. The van der Waals surface area contributed by atoms with E-state index in [0.717, 1.165) is 9.37 Å². The number of halogens is 1. The van der Waals surface area contributed by atoms with Crippen LogP contribution in [0.3, 0.4) is 0 Å². The Morgan fingerprint density at radius 3 is 2.45 bits per heavy atom. The van der Waals surface area contributed by atoms with Crippen molar-refractivity contribution in [2.24, 2.45) is 0 Å². The summed E-state index contributed by atoms with van der Waals surface area (Å²) < 4.78 is 0.925. The number of rotatable bonds is 8. The molecule has 150 valence electrons. The van der Waals surface area contributed by atoms with E-state index in [4.69, 9.17) is 0 Å². The van der Waals surface area contributed by atoms with Gasteiger partial charge in [0.05, 0.1) is 10.5 Å². The largest absolute Gasteiger partial charge is 0.326 e. The monoisotopic (exact) mass is 459 g/mol. The van der Waals surface area contributed by atoms with E-state index in [0.29, 0.717) is 31.4 Å². The van der Waals surface area contributed by atoms with Gasteiger partial charge >= 0.3 is 0 Å². The van der Waals surface area contributed by atoms with Crippen molar-refractivity contribution in [3.8, 4) is 0 Å². The fraction of sp³-hybridized carbons (Fsp3) is 0.250. The van der Waals surface area contributed by atoms with Crippen LogP contribution in [0, 0.1) is 10.1 Å². The molecule has 1 aliphatic heterocycles. The fourth-order valence-electron chi connectivity index (χ4n) is 3.16. The Kier molecular flexibility index (Phi) is 6.38. The molecule has 0 saturated heterocycles. The number of nitrogens with one attached hydrogen (secondary N) is 1. The molecule has 0 atom stereocenters. The lowest BCUT2D eigenvalue weighted by molar-refractivity contribution is -0.385. The maximum absolute atomic E-state index is 12.5. The smallest absolute Gasteiger partial charge is 0.282 e. The van der Waals surface area contributed by atoms with Crippen LogP contribution in [0.4, 0.5) is 11.4 Å². The Hall–Kier alpha value is -3.07. The second-order valence-electron chi connectivity index (χ2n) is 6.58. The highest BCUT2D eigenvalue weighted by Gasteiger charge is 2.40. The SMILES string of the molecule is O=C(CCCCCN1C(=O)c2cccc([N+](=O)[O-])c2C1=O)Nc1ccc(Br)cc1. The number of imide groups is 1. The van der Waals surface area contributed by atoms with Crippen LogP contribution in [-0.2, 0) is 4.79 Å². The second kappa shape index (κ2) is 8.95. The zero-order valence-corrected chi connectivity index (χ0v) is 17.0. The summed E-state index contributed by atoms with van der Waals surface area (Å²) in [5.74, 6) is -1.25. The molecule has 0 aliphatic carbocycles. The van der Waals surface area contributed by atoms with Gasteiger partial charge in [0, 0.05) is 29.2 Å². The van der Waals surface area contributed by atoms with Gasteiger partial charge in [0.25, 0.3) is 17.5 Å². The fourth-order valence-corrected chi connectivity index (χ4v) is 3.42. The third-order valence-corrected chi connectivity index (χ3v) is 5.12. The van der Waals surface area contributed by atoms with Crippen molar-refractivity contribution < 1.29 is 19.3 Å². The molecule has 3 amide bonds. The normalized spacial score (nSPS) is 12.8. The van der Waals surface area contributed by atoms with Crippen molar-refractivity contribution in [1.82, 2.24) is 4.90 Å². The molecular weight excluding hydrogens is 442 g/mol. The molecule has 0 bridgehead atoms. The van der Waals surface area contributed by atoms with E-state index in [1.54, 1.807) is 12.1 Å². The van der Waals surface area contributed by atoms with Gasteiger partial charge in [-0.15, -0.1) is 0 Å². The molecule has 0 saturated carbocycles. The zero-order valence-electron chi connectivity index (χ0n) is 15.4. The van der Waals surface area contributed by atoms with Crippen LogP contribution in [0.1, 0.15) is 46.4 Å². The first-order valence-corrected chi connectivity index (χ1v) is 9.87. The third kappa shape index (κ3) is 4.68. The molecule has 29 heavy (non-hydrogen) atoms. The number of nitro groups is 1. The number of hydrogen-bond acceptors (Lipinski definition) is 5. The highest BCUT2D eigenvalue weighted by molar-refractivity contribution is 9.10. The Bertz CT molecular complexity index is 975. The number of amides is 3. The third-order valence-electron chi connectivity index (χ3n) is 4.59. The molecule has 8 nitrogen and oxygen atoms in total. The van der Waals surface area contributed by atoms with Crippen LogP contribution in [0.2, 0.25) is 0 Å². The number of nitro benzene ring substituents is 1. The van der Waals surface area contributed by atoms with Gasteiger partial charge in [-0.1, -0.05) is 28.4 Å². The van der Waals surface area contributed by atoms with Crippen molar-refractivity contribution in [2.75, 3.05) is 11.9 Å². The Balaban J connectivity index is 1.46. The lowest BCUT2D eigenvalue weighted by atomic mass is 10.1. The number of carbonyl (C=O) groups excluding carboxylic acids is 3. The van der Waals surface area contributed by atoms with Gasteiger partial charge in [0.15, 0.2) is 0 Å². The van der Waals surface area contributed by atoms with Crippen LogP contribution in [-0.4, -0.2) is 34.1 Å². The summed E-state index contributed by atoms with van der Waals surface area (Å²) in [6, 6.07) is 11.3. The number of unbranched alkanes of at least 4 members (excludes halogenated alkanes) is 2. The van der Waals surface area contributed by atoms with Crippen LogP contribution >= 0.6 is 15.9 Å². The van der Waals surface area contributed by atoms with Gasteiger partial charge in [0.2, 0.25) is 5.91 Å².